The van der Waals surface area contributed by atoms with Crippen LogP contribution in [0.3, 0.4) is 0 Å². The molecule has 0 aliphatic carbocycles. The molecule has 10 heteroatoms. The van der Waals surface area contributed by atoms with Crippen LogP contribution in [-0.2, 0) is 10.0 Å². The zero-order valence-corrected chi connectivity index (χ0v) is 19.9. The lowest BCUT2D eigenvalue weighted by atomic mass is 10.1. The van der Waals surface area contributed by atoms with E-state index in [0.29, 0.717) is 16.3 Å². The van der Waals surface area contributed by atoms with E-state index in [2.05, 4.69) is 33.8 Å². The Balaban J connectivity index is 1.77. The number of anilines is 3. The van der Waals surface area contributed by atoms with Crippen molar-refractivity contribution in [2.75, 3.05) is 28.0 Å². The van der Waals surface area contributed by atoms with Crippen LogP contribution in [0, 0.1) is 19.7 Å². The fourth-order valence-corrected chi connectivity index (χ4v) is 5.29. The average Bonchev–Trinajstić information content (AvgIpc) is 3.10. The highest BCUT2D eigenvalue weighted by Gasteiger charge is 2.21. The van der Waals surface area contributed by atoms with Crippen molar-refractivity contribution < 1.29 is 17.6 Å². The van der Waals surface area contributed by atoms with E-state index in [-0.39, 0.29) is 15.9 Å². The summed E-state index contributed by atoms with van der Waals surface area (Å²) < 4.78 is 40.4. The lowest BCUT2D eigenvalue weighted by molar-refractivity contribution is 0.102. The number of aromatic nitrogens is 1. The molecular weight excluding hydrogens is 451 g/mol. The second-order valence-corrected chi connectivity index (χ2v) is 9.80. The minimum absolute atomic E-state index is 0.0607. The van der Waals surface area contributed by atoms with Gasteiger partial charge in [-0.05, 0) is 75.7 Å². The second kappa shape index (κ2) is 9.66. The Morgan fingerprint density at radius 2 is 1.75 bits per heavy atom. The van der Waals surface area contributed by atoms with Crippen molar-refractivity contribution in [2.24, 2.45) is 0 Å². The van der Waals surface area contributed by atoms with E-state index >= 15 is 0 Å². The number of sulfonamides is 1. The third-order valence-corrected chi connectivity index (χ3v) is 7.49. The van der Waals surface area contributed by atoms with Crippen LogP contribution in [0.15, 0.2) is 47.4 Å². The third-order valence-electron chi connectivity index (χ3n) is 4.94. The summed E-state index contributed by atoms with van der Waals surface area (Å²) in [6.07, 6.45) is 0. The van der Waals surface area contributed by atoms with Crippen molar-refractivity contribution in [3.63, 3.8) is 0 Å². The van der Waals surface area contributed by atoms with Crippen LogP contribution in [0.1, 0.15) is 34.8 Å². The topological polar surface area (TPSA) is 91.4 Å². The molecule has 0 aliphatic rings. The van der Waals surface area contributed by atoms with Crippen molar-refractivity contribution in [2.45, 2.75) is 32.6 Å². The lowest BCUT2D eigenvalue weighted by Gasteiger charge is -2.22. The first kappa shape index (κ1) is 23.7. The number of carbonyl (C=O) groups excluding carboxylic acids is 1. The standard InChI is InChI=1S/C22H25FN4O3S2/c1-5-27(6-2)17-9-12-19(14(3)13-17)25-21(28)20-15(4)24-22(31-20)26-32(29,30)18-10-7-16(23)8-11-18/h7-13H,5-6H2,1-4H3,(H,24,26)(H,25,28). The summed E-state index contributed by atoms with van der Waals surface area (Å²) in [4.78, 5) is 19.4. The highest BCUT2D eigenvalue weighted by atomic mass is 32.2. The van der Waals surface area contributed by atoms with Crippen LogP contribution < -0.4 is 14.9 Å². The van der Waals surface area contributed by atoms with Crippen LogP contribution in [-0.4, -0.2) is 32.4 Å². The summed E-state index contributed by atoms with van der Waals surface area (Å²) in [6.45, 7) is 9.50. The van der Waals surface area contributed by atoms with Crippen LogP contribution in [0.2, 0.25) is 0 Å². The summed E-state index contributed by atoms with van der Waals surface area (Å²) in [5.41, 5.74) is 3.08. The molecule has 2 aromatic carbocycles. The summed E-state index contributed by atoms with van der Waals surface area (Å²) in [6, 6.07) is 10.3. The zero-order chi connectivity index (χ0) is 23.5. The van der Waals surface area contributed by atoms with Gasteiger partial charge < -0.3 is 10.2 Å². The molecule has 3 aromatic rings. The number of aryl methyl sites for hydroxylation is 2. The van der Waals surface area contributed by atoms with E-state index in [0.717, 1.165) is 59.9 Å². The van der Waals surface area contributed by atoms with Gasteiger partial charge >= 0.3 is 0 Å². The first-order valence-corrected chi connectivity index (χ1v) is 12.4. The third kappa shape index (κ3) is 5.25. The van der Waals surface area contributed by atoms with Crippen molar-refractivity contribution in [3.8, 4) is 0 Å². The number of benzene rings is 2. The predicted octanol–water partition coefficient (Wildman–Crippen LogP) is 4.80. The SMILES string of the molecule is CCN(CC)c1ccc(NC(=O)c2sc(NS(=O)(=O)c3ccc(F)cc3)nc2C)c(C)c1. The fourth-order valence-electron chi connectivity index (χ4n) is 3.19. The molecular formula is C22H25FN4O3S2. The van der Waals surface area contributed by atoms with Gasteiger partial charge in [-0.25, -0.2) is 17.8 Å². The Kier molecular flexibility index (Phi) is 7.15. The normalized spacial score (nSPS) is 11.3. The smallest absolute Gasteiger partial charge is 0.267 e. The Bertz CT molecular complexity index is 1220. The number of nitrogens with one attached hydrogen (secondary N) is 2. The summed E-state index contributed by atoms with van der Waals surface area (Å²) in [5.74, 6) is -0.903. The maximum Gasteiger partial charge on any atom is 0.267 e. The average molecular weight is 477 g/mol. The summed E-state index contributed by atoms with van der Waals surface area (Å²) >= 11 is 0.937. The molecule has 1 aromatic heterocycles. The predicted molar refractivity (Wildman–Crippen MR) is 127 cm³/mol. The Hall–Kier alpha value is -2.98. The van der Waals surface area contributed by atoms with Gasteiger partial charge in [0.25, 0.3) is 15.9 Å². The van der Waals surface area contributed by atoms with Crippen molar-refractivity contribution in [3.05, 3.63) is 64.4 Å². The van der Waals surface area contributed by atoms with Crippen molar-refractivity contribution >= 4 is 43.8 Å². The van der Waals surface area contributed by atoms with Crippen molar-refractivity contribution in [1.29, 1.82) is 0 Å². The quantitative estimate of drug-likeness (QED) is 0.487. The first-order chi connectivity index (χ1) is 15.1. The molecule has 0 fully saturated rings. The number of amides is 1. The molecule has 0 unspecified atom stereocenters. The number of nitrogens with zero attached hydrogens (tertiary/aromatic N) is 2. The number of hydrogen-bond acceptors (Lipinski definition) is 6. The lowest BCUT2D eigenvalue weighted by Crippen LogP contribution is -2.22. The van der Waals surface area contributed by atoms with E-state index in [1.54, 1.807) is 6.92 Å². The van der Waals surface area contributed by atoms with Crippen LogP contribution in [0.4, 0.5) is 20.9 Å². The monoisotopic (exact) mass is 476 g/mol. The van der Waals surface area contributed by atoms with Gasteiger partial charge in [0, 0.05) is 24.5 Å². The zero-order valence-electron chi connectivity index (χ0n) is 18.3. The molecule has 1 amide bonds. The minimum Gasteiger partial charge on any atom is -0.372 e. The molecule has 7 nitrogen and oxygen atoms in total. The van der Waals surface area contributed by atoms with Gasteiger partial charge in [0.05, 0.1) is 10.6 Å². The fraction of sp³-hybridized carbons (Fsp3) is 0.273. The first-order valence-electron chi connectivity index (χ1n) is 10.1. The van der Waals surface area contributed by atoms with E-state index in [9.17, 15) is 17.6 Å². The molecule has 0 radical (unpaired) electrons. The van der Waals surface area contributed by atoms with Crippen LogP contribution >= 0.6 is 11.3 Å². The van der Waals surface area contributed by atoms with E-state index in [1.165, 1.54) is 0 Å². The van der Waals surface area contributed by atoms with Gasteiger partial charge in [-0.1, -0.05) is 11.3 Å². The minimum atomic E-state index is -3.95. The second-order valence-electron chi connectivity index (χ2n) is 7.12. The van der Waals surface area contributed by atoms with Gasteiger partial charge in [-0.3, -0.25) is 9.52 Å². The largest absolute Gasteiger partial charge is 0.372 e. The molecule has 1 heterocycles. The highest BCUT2D eigenvalue weighted by molar-refractivity contribution is 7.93. The van der Waals surface area contributed by atoms with Gasteiger partial charge in [-0.2, -0.15) is 0 Å². The van der Waals surface area contributed by atoms with E-state index in [1.807, 2.05) is 25.1 Å². The molecule has 3 rings (SSSR count). The Morgan fingerprint density at radius 3 is 2.34 bits per heavy atom. The van der Waals surface area contributed by atoms with Crippen LogP contribution in [0.25, 0.3) is 0 Å². The maximum absolute atomic E-state index is 13.1. The van der Waals surface area contributed by atoms with Gasteiger partial charge in [0.1, 0.15) is 10.7 Å². The number of halogens is 1. The Labute approximate surface area is 191 Å². The Morgan fingerprint density at radius 1 is 1.09 bits per heavy atom. The molecule has 0 spiro atoms. The molecule has 0 atom stereocenters. The molecule has 170 valence electrons. The number of rotatable bonds is 8. The molecule has 32 heavy (non-hydrogen) atoms. The number of hydrogen-bond donors (Lipinski definition) is 2. The van der Waals surface area contributed by atoms with Gasteiger partial charge in [-0.15, -0.1) is 0 Å². The van der Waals surface area contributed by atoms with Gasteiger partial charge in [0.2, 0.25) is 0 Å². The molecule has 2 N–H and O–H groups in total. The molecule has 0 saturated heterocycles. The van der Waals surface area contributed by atoms with Crippen molar-refractivity contribution in [1.82, 2.24) is 4.98 Å². The van der Waals surface area contributed by atoms with Gasteiger partial charge in [0.15, 0.2) is 5.13 Å². The summed E-state index contributed by atoms with van der Waals surface area (Å²) in [7, 11) is -3.95. The maximum atomic E-state index is 13.1. The number of carbonyl (C=O) groups is 1. The van der Waals surface area contributed by atoms with E-state index < -0.39 is 15.8 Å². The highest BCUT2D eigenvalue weighted by Crippen LogP contribution is 2.28. The van der Waals surface area contributed by atoms with Crippen LogP contribution in [0.5, 0.6) is 0 Å². The molecule has 0 aliphatic heterocycles. The molecule has 0 saturated carbocycles. The summed E-state index contributed by atoms with van der Waals surface area (Å²) in [5, 5.41) is 2.94. The van der Waals surface area contributed by atoms with E-state index in [4.69, 9.17) is 0 Å². The molecule has 0 bridgehead atoms. The number of thiazole rings is 1.